The van der Waals surface area contributed by atoms with Gasteiger partial charge in [0.1, 0.15) is 0 Å². The molecular formula is C20H27N5O. The maximum atomic E-state index is 12.6. The van der Waals surface area contributed by atoms with Gasteiger partial charge in [0.15, 0.2) is 5.69 Å². The Balaban J connectivity index is 1.42. The SMILES string of the molecule is O=C(NCC1(c2ccccc2)CCCC1)c1cn(C2CCNCC2)nn1. The van der Waals surface area contributed by atoms with Gasteiger partial charge in [-0.15, -0.1) is 5.10 Å². The largest absolute Gasteiger partial charge is 0.350 e. The number of carbonyl (C=O) groups is 1. The van der Waals surface area contributed by atoms with Crippen LogP contribution >= 0.6 is 0 Å². The van der Waals surface area contributed by atoms with Crippen molar-refractivity contribution in [2.45, 2.75) is 50.0 Å². The van der Waals surface area contributed by atoms with Gasteiger partial charge in [0.2, 0.25) is 0 Å². The number of rotatable bonds is 5. The molecule has 1 aromatic carbocycles. The topological polar surface area (TPSA) is 71.8 Å². The number of carbonyl (C=O) groups excluding carboxylic acids is 1. The number of amides is 1. The van der Waals surface area contributed by atoms with Gasteiger partial charge in [0.05, 0.1) is 12.2 Å². The van der Waals surface area contributed by atoms with E-state index < -0.39 is 0 Å². The summed E-state index contributed by atoms with van der Waals surface area (Å²) < 4.78 is 1.86. The van der Waals surface area contributed by atoms with Crippen LogP contribution in [0.1, 0.15) is 60.6 Å². The first-order valence-corrected chi connectivity index (χ1v) is 9.73. The minimum absolute atomic E-state index is 0.0575. The Kier molecular flexibility index (Phi) is 5.02. The average Bonchev–Trinajstić information content (AvgIpc) is 3.38. The molecule has 2 fully saturated rings. The third-order valence-electron chi connectivity index (χ3n) is 5.96. The van der Waals surface area contributed by atoms with Crippen molar-refractivity contribution in [3.63, 3.8) is 0 Å². The Labute approximate surface area is 154 Å². The molecule has 26 heavy (non-hydrogen) atoms. The summed E-state index contributed by atoms with van der Waals surface area (Å²) in [5.41, 5.74) is 1.81. The molecule has 2 aliphatic rings. The van der Waals surface area contributed by atoms with Crippen LogP contribution in [0.3, 0.4) is 0 Å². The van der Waals surface area contributed by atoms with Gasteiger partial charge in [0.25, 0.3) is 5.91 Å². The van der Waals surface area contributed by atoms with Gasteiger partial charge in [-0.25, -0.2) is 4.68 Å². The molecule has 1 saturated carbocycles. The van der Waals surface area contributed by atoms with E-state index in [2.05, 4.69) is 45.2 Å². The van der Waals surface area contributed by atoms with Crippen molar-refractivity contribution in [1.82, 2.24) is 25.6 Å². The lowest BCUT2D eigenvalue weighted by Crippen LogP contribution is -2.39. The second-order valence-electron chi connectivity index (χ2n) is 7.60. The lowest BCUT2D eigenvalue weighted by Gasteiger charge is -2.29. The quantitative estimate of drug-likeness (QED) is 0.866. The molecule has 6 nitrogen and oxygen atoms in total. The molecule has 0 radical (unpaired) electrons. The van der Waals surface area contributed by atoms with Gasteiger partial charge in [-0.2, -0.15) is 0 Å². The molecule has 4 rings (SSSR count). The molecule has 2 heterocycles. The fraction of sp³-hybridized carbons (Fsp3) is 0.550. The predicted molar refractivity (Wildman–Crippen MR) is 100 cm³/mol. The third kappa shape index (κ3) is 3.51. The smallest absolute Gasteiger partial charge is 0.273 e. The maximum absolute atomic E-state index is 12.6. The van der Waals surface area contributed by atoms with Crippen molar-refractivity contribution in [3.05, 3.63) is 47.8 Å². The van der Waals surface area contributed by atoms with Gasteiger partial charge in [-0.1, -0.05) is 48.4 Å². The summed E-state index contributed by atoms with van der Waals surface area (Å²) in [5, 5.41) is 14.8. The van der Waals surface area contributed by atoms with E-state index in [0.717, 1.165) is 38.8 Å². The lowest BCUT2D eigenvalue weighted by atomic mass is 9.79. The van der Waals surface area contributed by atoms with E-state index in [1.807, 2.05) is 10.7 Å². The zero-order valence-electron chi connectivity index (χ0n) is 15.2. The summed E-state index contributed by atoms with van der Waals surface area (Å²) in [7, 11) is 0. The van der Waals surface area contributed by atoms with E-state index in [1.54, 1.807) is 6.20 Å². The van der Waals surface area contributed by atoms with Crippen molar-refractivity contribution >= 4 is 5.91 Å². The number of piperidine rings is 1. The van der Waals surface area contributed by atoms with E-state index in [4.69, 9.17) is 0 Å². The van der Waals surface area contributed by atoms with Crippen molar-refractivity contribution in [2.75, 3.05) is 19.6 Å². The number of nitrogens with one attached hydrogen (secondary N) is 2. The van der Waals surface area contributed by atoms with Crippen LogP contribution in [0.25, 0.3) is 0 Å². The van der Waals surface area contributed by atoms with E-state index >= 15 is 0 Å². The van der Waals surface area contributed by atoms with E-state index in [9.17, 15) is 4.79 Å². The second-order valence-corrected chi connectivity index (χ2v) is 7.60. The molecule has 0 bridgehead atoms. The maximum Gasteiger partial charge on any atom is 0.273 e. The minimum atomic E-state index is -0.118. The number of hydrogen-bond acceptors (Lipinski definition) is 4. The van der Waals surface area contributed by atoms with Crippen LogP contribution in [0, 0.1) is 0 Å². The van der Waals surface area contributed by atoms with Crippen LogP contribution < -0.4 is 10.6 Å². The van der Waals surface area contributed by atoms with Crippen LogP contribution in [-0.2, 0) is 5.41 Å². The highest BCUT2D eigenvalue weighted by Gasteiger charge is 2.36. The molecule has 138 valence electrons. The molecule has 1 aliphatic carbocycles. The normalized spacial score (nSPS) is 20.2. The predicted octanol–water partition coefficient (Wildman–Crippen LogP) is 2.44. The molecule has 6 heteroatoms. The Morgan fingerprint density at radius 2 is 1.92 bits per heavy atom. The monoisotopic (exact) mass is 353 g/mol. The lowest BCUT2D eigenvalue weighted by molar-refractivity contribution is 0.0938. The molecule has 2 N–H and O–H groups in total. The summed E-state index contributed by atoms with van der Waals surface area (Å²) in [5.74, 6) is -0.118. The number of aromatic nitrogens is 3. The fourth-order valence-electron chi connectivity index (χ4n) is 4.38. The van der Waals surface area contributed by atoms with Gasteiger partial charge in [-0.3, -0.25) is 4.79 Å². The molecule has 2 aromatic rings. The molecule has 1 aromatic heterocycles. The summed E-state index contributed by atoms with van der Waals surface area (Å²) >= 11 is 0. The molecule has 1 saturated heterocycles. The zero-order valence-corrected chi connectivity index (χ0v) is 15.2. The Hall–Kier alpha value is -2.21. The van der Waals surface area contributed by atoms with Gasteiger partial charge in [-0.05, 0) is 44.3 Å². The van der Waals surface area contributed by atoms with Gasteiger partial charge in [0, 0.05) is 12.0 Å². The first kappa shape index (κ1) is 17.2. The van der Waals surface area contributed by atoms with E-state index in [-0.39, 0.29) is 11.3 Å². The van der Waals surface area contributed by atoms with Gasteiger partial charge < -0.3 is 10.6 Å². The Morgan fingerprint density at radius 1 is 1.19 bits per heavy atom. The first-order chi connectivity index (χ1) is 12.8. The average molecular weight is 353 g/mol. The molecule has 1 amide bonds. The standard InChI is InChI=1S/C20H27N5O/c26-19(18-14-25(24-23-18)17-8-12-21-13-9-17)22-15-20(10-4-5-11-20)16-6-2-1-3-7-16/h1-3,6-7,14,17,21H,4-5,8-13,15H2,(H,22,26). The van der Waals surface area contributed by atoms with Crippen LogP contribution in [0.15, 0.2) is 36.5 Å². The molecule has 0 spiro atoms. The zero-order chi connectivity index (χ0) is 17.8. The number of benzene rings is 1. The summed E-state index contributed by atoms with van der Waals surface area (Å²) in [6.45, 7) is 2.65. The number of hydrogen-bond donors (Lipinski definition) is 2. The molecular weight excluding hydrogens is 326 g/mol. The highest BCUT2D eigenvalue weighted by molar-refractivity contribution is 5.91. The highest BCUT2D eigenvalue weighted by atomic mass is 16.2. The molecule has 0 unspecified atom stereocenters. The van der Waals surface area contributed by atoms with Crippen LogP contribution in [-0.4, -0.2) is 40.5 Å². The van der Waals surface area contributed by atoms with Crippen LogP contribution in [0.5, 0.6) is 0 Å². The van der Waals surface area contributed by atoms with Crippen molar-refractivity contribution < 1.29 is 4.79 Å². The first-order valence-electron chi connectivity index (χ1n) is 9.73. The third-order valence-corrected chi connectivity index (χ3v) is 5.96. The van der Waals surface area contributed by atoms with E-state index in [1.165, 1.54) is 18.4 Å². The van der Waals surface area contributed by atoms with Crippen molar-refractivity contribution in [1.29, 1.82) is 0 Å². The Morgan fingerprint density at radius 3 is 2.65 bits per heavy atom. The van der Waals surface area contributed by atoms with Crippen LogP contribution in [0.4, 0.5) is 0 Å². The fourth-order valence-corrected chi connectivity index (χ4v) is 4.38. The van der Waals surface area contributed by atoms with Gasteiger partial charge >= 0.3 is 0 Å². The van der Waals surface area contributed by atoms with Crippen molar-refractivity contribution in [2.24, 2.45) is 0 Å². The Bertz CT molecular complexity index is 730. The molecule has 0 atom stereocenters. The second kappa shape index (κ2) is 7.58. The minimum Gasteiger partial charge on any atom is -0.350 e. The molecule has 1 aliphatic heterocycles. The van der Waals surface area contributed by atoms with E-state index in [0.29, 0.717) is 18.3 Å². The van der Waals surface area contributed by atoms with Crippen molar-refractivity contribution in [3.8, 4) is 0 Å². The number of nitrogens with zero attached hydrogens (tertiary/aromatic N) is 3. The summed E-state index contributed by atoms with van der Waals surface area (Å²) in [6, 6.07) is 10.9. The van der Waals surface area contributed by atoms with Crippen LogP contribution in [0.2, 0.25) is 0 Å². The summed E-state index contributed by atoms with van der Waals surface area (Å²) in [6.07, 6.45) is 8.55. The highest BCUT2D eigenvalue weighted by Crippen LogP contribution is 2.40. The summed E-state index contributed by atoms with van der Waals surface area (Å²) in [4.78, 5) is 12.6.